The Balaban J connectivity index is 4.20. The van der Waals surface area contributed by atoms with E-state index < -0.39 is 12.1 Å². The Labute approximate surface area is 127 Å². The van der Waals surface area contributed by atoms with Crippen LogP contribution in [0.1, 0.15) is 33.1 Å². The van der Waals surface area contributed by atoms with Crippen molar-refractivity contribution in [3.8, 4) is 0 Å². The van der Waals surface area contributed by atoms with Gasteiger partial charge in [0.05, 0.1) is 10.5 Å². The number of Topliss-reactive ketones (excluding diaryl/α,β-unsaturated/α-hetero) is 1. The van der Waals surface area contributed by atoms with Crippen LogP contribution in [0.4, 0.5) is 4.79 Å². The minimum absolute atomic E-state index is 0.00298. The Kier molecular flexibility index (Phi) is 9.54. The Hall–Kier alpha value is -0.860. The highest BCUT2D eigenvalue weighted by Gasteiger charge is 2.19. The maximum absolute atomic E-state index is 11.7. The van der Waals surface area contributed by atoms with Crippen molar-refractivity contribution >= 4 is 40.3 Å². The fraction of sp³-hybridized carbons (Fsp3) is 0.750. The number of nitrogens with two attached hydrogens (primary N) is 1. The quantitative estimate of drug-likeness (QED) is 0.314. The first-order valence-corrected chi connectivity index (χ1v) is 7.80. The predicted molar refractivity (Wildman–Crippen MR) is 82.1 cm³/mol. The number of amides is 3. The van der Waals surface area contributed by atoms with E-state index in [4.69, 9.17) is 5.73 Å². The van der Waals surface area contributed by atoms with E-state index in [-0.39, 0.29) is 17.6 Å². The van der Waals surface area contributed by atoms with E-state index in [0.29, 0.717) is 30.2 Å². The van der Waals surface area contributed by atoms with Crippen LogP contribution in [0, 0.1) is 5.92 Å². The van der Waals surface area contributed by atoms with Crippen molar-refractivity contribution in [2.24, 2.45) is 11.7 Å². The first-order chi connectivity index (χ1) is 8.86. The molecule has 4 N–H and O–H groups in total. The van der Waals surface area contributed by atoms with E-state index in [1.807, 2.05) is 36.4 Å². The second kappa shape index (κ2) is 9.99. The molecule has 0 aliphatic heterocycles. The lowest BCUT2D eigenvalue weighted by atomic mass is 10.1. The normalized spacial score (nSPS) is 12.0. The number of hydrogen-bond donors (Lipinski definition) is 3. The zero-order valence-corrected chi connectivity index (χ0v) is 13.5. The molecule has 0 aromatic rings. The molecule has 3 amide bonds. The van der Waals surface area contributed by atoms with Crippen LogP contribution < -0.4 is 16.4 Å². The summed E-state index contributed by atoms with van der Waals surface area (Å²) in [5.74, 6) is 0.143. The van der Waals surface area contributed by atoms with Gasteiger partial charge in [-0.15, -0.1) is 0 Å². The first kappa shape index (κ1) is 18.1. The number of ketones is 1. The number of rotatable bonds is 9. The van der Waals surface area contributed by atoms with Gasteiger partial charge >= 0.3 is 6.03 Å². The standard InChI is InChI=1S/C12H22IN3O3/c1-8(2)6-11(18)16-9(10(17)7-13)4-3-5-15-12(14)19/h8-9H,3-7H2,1-2H3,(H,16,18)(H3,14,15,19)/t9-/m0/s1. The Morgan fingerprint density at radius 2 is 1.89 bits per heavy atom. The summed E-state index contributed by atoms with van der Waals surface area (Å²) in [5, 5.41) is 5.21. The minimum atomic E-state index is -0.583. The lowest BCUT2D eigenvalue weighted by molar-refractivity contribution is -0.127. The van der Waals surface area contributed by atoms with E-state index in [1.165, 1.54) is 0 Å². The van der Waals surface area contributed by atoms with Gasteiger partial charge in [-0.25, -0.2) is 4.79 Å². The number of urea groups is 1. The fourth-order valence-electron chi connectivity index (χ4n) is 1.55. The molecular formula is C12H22IN3O3. The molecule has 0 spiro atoms. The molecule has 0 bridgehead atoms. The van der Waals surface area contributed by atoms with Gasteiger partial charge in [0.15, 0.2) is 5.78 Å². The molecule has 6 nitrogen and oxygen atoms in total. The van der Waals surface area contributed by atoms with Crippen molar-refractivity contribution in [1.29, 1.82) is 0 Å². The van der Waals surface area contributed by atoms with E-state index in [9.17, 15) is 14.4 Å². The molecule has 7 heteroatoms. The third-order valence-corrected chi connectivity index (χ3v) is 3.17. The topological polar surface area (TPSA) is 101 Å². The predicted octanol–water partition coefficient (Wildman–Crippen LogP) is 0.970. The number of carbonyl (C=O) groups is 3. The molecule has 0 radical (unpaired) electrons. The van der Waals surface area contributed by atoms with Gasteiger partial charge < -0.3 is 16.4 Å². The summed E-state index contributed by atoms with van der Waals surface area (Å²) < 4.78 is 0.355. The van der Waals surface area contributed by atoms with E-state index in [2.05, 4.69) is 10.6 Å². The van der Waals surface area contributed by atoms with Gasteiger partial charge in [0, 0.05) is 13.0 Å². The lowest BCUT2D eigenvalue weighted by Crippen LogP contribution is -2.42. The van der Waals surface area contributed by atoms with Crippen molar-refractivity contribution in [2.45, 2.75) is 39.2 Å². The number of nitrogens with one attached hydrogen (secondary N) is 2. The molecule has 0 aliphatic rings. The van der Waals surface area contributed by atoms with Gasteiger partial charge in [0.2, 0.25) is 5.91 Å². The van der Waals surface area contributed by atoms with Gasteiger partial charge in [-0.1, -0.05) is 36.4 Å². The summed E-state index contributed by atoms with van der Waals surface area (Å²) in [6.45, 7) is 4.30. The zero-order chi connectivity index (χ0) is 14.8. The molecule has 0 saturated heterocycles. The number of halogens is 1. The molecule has 0 heterocycles. The Bertz CT molecular complexity index is 321. The zero-order valence-electron chi connectivity index (χ0n) is 11.4. The third kappa shape index (κ3) is 9.69. The molecule has 0 aliphatic carbocycles. The fourth-order valence-corrected chi connectivity index (χ4v) is 2.08. The summed E-state index contributed by atoms with van der Waals surface area (Å²) in [7, 11) is 0. The largest absolute Gasteiger partial charge is 0.352 e. The average molecular weight is 383 g/mol. The van der Waals surface area contributed by atoms with Crippen LogP contribution in [0.25, 0.3) is 0 Å². The monoisotopic (exact) mass is 383 g/mol. The molecule has 0 fully saturated rings. The highest BCUT2D eigenvalue weighted by molar-refractivity contribution is 14.1. The SMILES string of the molecule is CC(C)CC(=O)N[C@@H](CCCNC(N)=O)C(=O)CI. The van der Waals surface area contributed by atoms with Gasteiger partial charge in [0.25, 0.3) is 0 Å². The van der Waals surface area contributed by atoms with E-state index in [0.717, 1.165) is 0 Å². The van der Waals surface area contributed by atoms with Crippen LogP contribution in [0.5, 0.6) is 0 Å². The molecule has 0 aromatic carbocycles. The summed E-state index contributed by atoms with van der Waals surface area (Å²) in [5.41, 5.74) is 4.94. The van der Waals surface area contributed by atoms with Crippen LogP contribution >= 0.6 is 22.6 Å². The van der Waals surface area contributed by atoms with Gasteiger partial charge in [-0.2, -0.15) is 0 Å². The lowest BCUT2D eigenvalue weighted by Gasteiger charge is -2.17. The second-order valence-electron chi connectivity index (χ2n) is 4.75. The molecule has 0 rings (SSSR count). The Morgan fingerprint density at radius 1 is 1.26 bits per heavy atom. The molecule has 0 unspecified atom stereocenters. The number of hydrogen-bond acceptors (Lipinski definition) is 3. The highest BCUT2D eigenvalue weighted by Crippen LogP contribution is 2.04. The number of primary amides is 1. The maximum atomic E-state index is 11.7. The third-order valence-electron chi connectivity index (χ3n) is 2.42. The van der Waals surface area contributed by atoms with Crippen molar-refractivity contribution < 1.29 is 14.4 Å². The Morgan fingerprint density at radius 3 is 2.37 bits per heavy atom. The van der Waals surface area contributed by atoms with Crippen LogP contribution in [0.2, 0.25) is 0 Å². The summed E-state index contributed by atoms with van der Waals surface area (Å²) in [6, 6.07) is -1.06. The van der Waals surface area contributed by atoms with E-state index in [1.54, 1.807) is 0 Å². The molecular weight excluding hydrogens is 361 g/mol. The second-order valence-corrected chi connectivity index (χ2v) is 5.51. The van der Waals surface area contributed by atoms with Crippen LogP contribution in [0.3, 0.4) is 0 Å². The van der Waals surface area contributed by atoms with Crippen molar-refractivity contribution in [1.82, 2.24) is 10.6 Å². The summed E-state index contributed by atoms with van der Waals surface area (Å²) >= 11 is 1.98. The van der Waals surface area contributed by atoms with Crippen molar-refractivity contribution in [3.63, 3.8) is 0 Å². The summed E-state index contributed by atoms with van der Waals surface area (Å²) in [4.78, 5) is 33.9. The molecule has 19 heavy (non-hydrogen) atoms. The molecule has 0 aromatic heterocycles. The minimum Gasteiger partial charge on any atom is -0.352 e. The number of alkyl halides is 1. The van der Waals surface area contributed by atoms with Gasteiger partial charge in [-0.05, 0) is 18.8 Å². The average Bonchev–Trinajstić information content (AvgIpc) is 2.30. The number of carbonyl (C=O) groups excluding carboxylic acids is 3. The van der Waals surface area contributed by atoms with Crippen molar-refractivity contribution in [2.75, 3.05) is 11.0 Å². The van der Waals surface area contributed by atoms with E-state index >= 15 is 0 Å². The van der Waals surface area contributed by atoms with Crippen molar-refractivity contribution in [3.05, 3.63) is 0 Å². The molecule has 0 saturated carbocycles. The molecule has 1 atom stereocenters. The summed E-state index contributed by atoms with van der Waals surface area (Å²) in [6.07, 6.45) is 1.51. The first-order valence-electron chi connectivity index (χ1n) is 6.28. The maximum Gasteiger partial charge on any atom is 0.312 e. The van der Waals surface area contributed by atoms with Crippen LogP contribution in [-0.2, 0) is 9.59 Å². The highest BCUT2D eigenvalue weighted by atomic mass is 127. The van der Waals surface area contributed by atoms with Crippen LogP contribution in [0.15, 0.2) is 0 Å². The van der Waals surface area contributed by atoms with Gasteiger partial charge in [0.1, 0.15) is 0 Å². The smallest absolute Gasteiger partial charge is 0.312 e. The van der Waals surface area contributed by atoms with Gasteiger partial charge in [-0.3, -0.25) is 9.59 Å². The molecule has 110 valence electrons. The van der Waals surface area contributed by atoms with Crippen LogP contribution in [-0.4, -0.2) is 34.7 Å².